The van der Waals surface area contributed by atoms with Crippen LogP contribution in [0.15, 0.2) is 38.0 Å². The number of thioether (sulfide) groups is 1. The lowest BCUT2D eigenvalue weighted by molar-refractivity contribution is -0.122. The van der Waals surface area contributed by atoms with Crippen LogP contribution in [-0.2, 0) is 4.79 Å². The number of methoxy groups -OCH3 is 1. The molecule has 34 heavy (non-hydrogen) atoms. The third-order valence-electron chi connectivity index (χ3n) is 5.17. The Bertz CT molecular complexity index is 1210. The Hall–Kier alpha value is -3.47. The molecule has 0 fully saturated rings. The Balaban J connectivity index is 1.96. The van der Waals surface area contributed by atoms with E-state index >= 15 is 0 Å². The highest BCUT2D eigenvalue weighted by Gasteiger charge is 2.28. The Labute approximate surface area is 200 Å². The summed E-state index contributed by atoms with van der Waals surface area (Å²) in [5.74, 6) is 0.0161. The van der Waals surface area contributed by atoms with Gasteiger partial charge in [0.1, 0.15) is 11.8 Å². The van der Waals surface area contributed by atoms with Gasteiger partial charge < -0.3 is 29.2 Å². The van der Waals surface area contributed by atoms with E-state index in [4.69, 9.17) is 13.7 Å². The second-order valence-corrected chi connectivity index (χ2v) is 8.69. The number of aromatic nitrogens is 2. The molecule has 0 aliphatic carbocycles. The van der Waals surface area contributed by atoms with Crippen molar-refractivity contribution in [1.29, 1.82) is 0 Å². The van der Waals surface area contributed by atoms with Crippen LogP contribution in [0.3, 0.4) is 0 Å². The number of hydrogen-bond donors (Lipinski definition) is 3. The molecule has 0 saturated heterocycles. The van der Waals surface area contributed by atoms with Crippen LogP contribution in [0.4, 0.5) is 0 Å². The number of phenolic OH excluding ortho intramolecular Hbond substituents is 1. The molecule has 3 aromatic rings. The van der Waals surface area contributed by atoms with Gasteiger partial charge in [0.25, 0.3) is 0 Å². The van der Waals surface area contributed by atoms with E-state index in [1.165, 1.54) is 25.3 Å². The van der Waals surface area contributed by atoms with Gasteiger partial charge in [-0.2, -0.15) is 16.7 Å². The molecule has 0 aliphatic heterocycles. The predicted octanol–water partition coefficient (Wildman–Crippen LogP) is 3.19. The van der Waals surface area contributed by atoms with Gasteiger partial charge in [-0.05, 0) is 50.0 Å². The van der Waals surface area contributed by atoms with E-state index in [2.05, 4.69) is 15.5 Å². The number of carbonyl (C=O) groups excluding carboxylic acids is 1. The number of hydrogen-bond acceptors (Lipinski definition) is 10. The van der Waals surface area contributed by atoms with Gasteiger partial charge in [0.15, 0.2) is 23.1 Å². The van der Waals surface area contributed by atoms with Crippen molar-refractivity contribution in [3.05, 3.63) is 63.3 Å². The molecule has 3 rings (SSSR count). The largest absolute Gasteiger partial charge is 0.504 e. The molecular weight excluding hydrogens is 462 g/mol. The molecule has 0 radical (unpaired) electrons. The number of amides is 1. The van der Waals surface area contributed by atoms with Gasteiger partial charge in [0, 0.05) is 12.5 Å². The van der Waals surface area contributed by atoms with Crippen molar-refractivity contribution in [3.8, 4) is 17.2 Å². The number of phenols is 1. The standard InChI is InChI=1S/C23H27N3O7S/c1-12-9-18(28)21(30)22(32-12)15(14-5-6-17(27)19(10-14)31-3)11-20(29)25-16(7-8-34-4)23-24-13(2)26-33-23/h5-6,9-10,15-16,27,30H,7-8,11H2,1-4H3,(H,25,29). The minimum absolute atomic E-state index is 0.0535. The maximum Gasteiger partial charge on any atom is 0.249 e. The third-order valence-corrected chi connectivity index (χ3v) is 5.82. The number of nitrogens with one attached hydrogen (secondary N) is 1. The molecule has 2 atom stereocenters. The molecule has 0 saturated carbocycles. The lowest BCUT2D eigenvalue weighted by atomic mass is 9.91. The Kier molecular flexibility index (Phi) is 8.21. The molecule has 1 aromatic carbocycles. The van der Waals surface area contributed by atoms with E-state index < -0.39 is 23.1 Å². The second-order valence-electron chi connectivity index (χ2n) is 7.70. The summed E-state index contributed by atoms with van der Waals surface area (Å²) >= 11 is 1.62. The summed E-state index contributed by atoms with van der Waals surface area (Å²) in [6.07, 6.45) is 2.35. The molecule has 182 valence electrons. The van der Waals surface area contributed by atoms with Gasteiger partial charge in [-0.3, -0.25) is 9.59 Å². The molecule has 0 aliphatic rings. The number of aromatic hydroxyl groups is 2. The zero-order chi connectivity index (χ0) is 24.8. The normalized spacial score (nSPS) is 12.8. The molecule has 1 amide bonds. The highest BCUT2D eigenvalue weighted by molar-refractivity contribution is 7.98. The van der Waals surface area contributed by atoms with Gasteiger partial charge in [-0.1, -0.05) is 11.2 Å². The zero-order valence-corrected chi connectivity index (χ0v) is 20.1. The number of carbonyl (C=O) groups is 1. The van der Waals surface area contributed by atoms with Crippen molar-refractivity contribution in [3.63, 3.8) is 0 Å². The van der Waals surface area contributed by atoms with Crippen LogP contribution in [0.25, 0.3) is 0 Å². The van der Waals surface area contributed by atoms with E-state index in [0.29, 0.717) is 23.7 Å². The number of ether oxygens (including phenoxy) is 1. The zero-order valence-electron chi connectivity index (χ0n) is 19.3. The van der Waals surface area contributed by atoms with Gasteiger partial charge in [0.05, 0.1) is 13.0 Å². The molecule has 0 bridgehead atoms. The minimum Gasteiger partial charge on any atom is -0.504 e. The monoisotopic (exact) mass is 489 g/mol. The second kappa shape index (κ2) is 11.1. The van der Waals surface area contributed by atoms with Crippen LogP contribution in [-0.4, -0.2) is 45.4 Å². The summed E-state index contributed by atoms with van der Waals surface area (Å²) in [4.78, 5) is 29.6. The molecule has 2 unspecified atom stereocenters. The summed E-state index contributed by atoms with van der Waals surface area (Å²) in [6, 6.07) is 5.18. The van der Waals surface area contributed by atoms with Crippen molar-refractivity contribution in [2.45, 2.75) is 38.6 Å². The molecule has 2 heterocycles. The van der Waals surface area contributed by atoms with Crippen LogP contribution < -0.4 is 15.5 Å². The first-order chi connectivity index (χ1) is 16.2. The fourth-order valence-corrected chi connectivity index (χ4v) is 3.99. The maximum atomic E-state index is 13.2. The van der Waals surface area contributed by atoms with Crippen molar-refractivity contribution < 1.29 is 28.7 Å². The molecule has 10 nitrogen and oxygen atoms in total. The molecular formula is C23H27N3O7S. The Morgan fingerprint density at radius 1 is 1.26 bits per heavy atom. The average Bonchev–Trinajstić information content (AvgIpc) is 3.24. The Morgan fingerprint density at radius 3 is 2.68 bits per heavy atom. The first-order valence-electron chi connectivity index (χ1n) is 10.5. The molecule has 0 spiro atoms. The summed E-state index contributed by atoms with van der Waals surface area (Å²) in [5, 5.41) is 27.2. The van der Waals surface area contributed by atoms with Crippen molar-refractivity contribution in [2.75, 3.05) is 19.1 Å². The van der Waals surface area contributed by atoms with Gasteiger partial charge in [-0.25, -0.2) is 0 Å². The van der Waals surface area contributed by atoms with E-state index in [1.54, 1.807) is 31.7 Å². The minimum atomic E-state index is -0.840. The fraction of sp³-hybridized carbons (Fsp3) is 0.391. The van der Waals surface area contributed by atoms with E-state index in [9.17, 15) is 19.8 Å². The van der Waals surface area contributed by atoms with Crippen LogP contribution in [0.2, 0.25) is 0 Å². The first-order valence-corrected chi connectivity index (χ1v) is 11.9. The lowest BCUT2D eigenvalue weighted by Crippen LogP contribution is -2.30. The van der Waals surface area contributed by atoms with Crippen molar-refractivity contribution >= 4 is 17.7 Å². The van der Waals surface area contributed by atoms with Gasteiger partial charge in [0.2, 0.25) is 23.0 Å². The van der Waals surface area contributed by atoms with Crippen LogP contribution in [0.1, 0.15) is 53.6 Å². The maximum absolute atomic E-state index is 13.2. The molecule has 2 aromatic heterocycles. The molecule has 11 heteroatoms. The summed E-state index contributed by atoms with van der Waals surface area (Å²) in [7, 11) is 1.40. The summed E-state index contributed by atoms with van der Waals surface area (Å²) < 4.78 is 16.1. The third kappa shape index (κ3) is 5.90. The highest BCUT2D eigenvalue weighted by atomic mass is 32.2. The summed E-state index contributed by atoms with van der Waals surface area (Å²) in [6.45, 7) is 3.27. The average molecular weight is 490 g/mol. The van der Waals surface area contributed by atoms with Gasteiger partial charge >= 0.3 is 0 Å². The smallest absolute Gasteiger partial charge is 0.249 e. The molecule has 3 N–H and O–H groups in total. The predicted molar refractivity (Wildman–Crippen MR) is 125 cm³/mol. The van der Waals surface area contributed by atoms with Crippen LogP contribution in [0.5, 0.6) is 17.2 Å². The Morgan fingerprint density at radius 2 is 2.03 bits per heavy atom. The summed E-state index contributed by atoms with van der Waals surface area (Å²) in [5.41, 5.74) is -0.114. The lowest BCUT2D eigenvalue weighted by Gasteiger charge is -2.20. The van der Waals surface area contributed by atoms with E-state index in [1.807, 2.05) is 6.26 Å². The fourth-order valence-electron chi connectivity index (χ4n) is 3.52. The van der Waals surface area contributed by atoms with Crippen LogP contribution >= 0.6 is 11.8 Å². The first kappa shape index (κ1) is 25.2. The van der Waals surface area contributed by atoms with Crippen molar-refractivity contribution in [2.24, 2.45) is 0 Å². The van der Waals surface area contributed by atoms with Crippen molar-refractivity contribution in [1.82, 2.24) is 15.5 Å². The number of nitrogens with zero attached hydrogens (tertiary/aromatic N) is 2. The quantitative estimate of drug-likeness (QED) is 0.388. The van der Waals surface area contributed by atoms with E-state index in [-0.39, 0.29) is 35.3 Å². The number of rotatable bonds is 10. The van der Waals surface area contributed by atoms with Crippen LogP contribution in [0, 0.1) is 13.8 Å². The topological polar surface area (TPSA) is 148 Å². The number of aryl methyl sites for hydroxylation is 2. The van der Waals surface area contributed by atoms with Gasteiger partial charge in [-0.15, -0.1) is 0 Å². The highest BCUT2D eigenvalue weighted by Crippen LogP contribution is 2.37. The number of benzene rings is 1. The van der Waals surface area contributed by atoms with E-state index in [0.717, 1.165) is 5.75 Å². The SMILES string of the molecule is COc1cc(C(CC(=O)NC(CCSC)c2nc(C)no2)c2oc(C)cc(=O)c2O)ccc1O.